The molecule has 2 heterocycles. The molecule has 5 heteroatoms. The Morgan fingerprint density at radius 1 is 1.07 bits per heavy atom. The minimum Gasteiger partial charge on any atom is -0.342 e. The minimum absolute atomic E-state index is 0.222. The van der Waals surface area contributed by atoms with Crippen LogP contribution in [-0.4, -0.2) is 59.2 Å². The Hall–Kier alpha value is -2.37. The number of rotatable bonds is 7. The lowest BCUT2D eigenvalue weighted by molar-refractivity contribution is -0.129. The number of thioether (sulfide) groups is 1. The molecule has 0 saturated carbocycles. The lowest BCUT2D eigenvalue weighted by atomic mass is 10.0. The van der Waals surface area contributed by atoms with Gasteiger partial charge in [0.05, 0.1) is 5.75 Å². The van der Waals surface area contributed by atoms with E-state index in [4.69, 9.17) is 0 Å². The predicted octanol–water partition coefficient (Wildman–Crippen LogP) is 4.49. The quantitative estimate of drug-likeness (QED) is 0.529. The fourth-order valence-electron chi connectivity index (χ4n) is 4.06. The summed E-state index contributed by atoms with van der Waals surface area (Å²) in [4.78, 5) is 22.8. The first-order valence-corrected chi connectivity index (χ1v) is 11.7. The zero-order valence-electron chi connectivity index (χ0n) is 17.5. The maximum Gasteiger partial charge on any atom is 0.232 e. The van der Waals surface area contributed by atoms with Gasteiger partial charge in [0.25, 0.3) is 0 Å². The summed E-state index contributed by atoms with van der Waals surface area (Å²) in [6.07, 6.45) is 4.94. The Morgan fingerprint density at radius 3 is 2.60 bits per heavy atom. The number of likely N-dealkylation sites (tertiary alicyclic amines) is 1. The molecular weight excluding hydrogens is 390 g/mol. The molecule has 1 fully saturated rings. The smallest absolute Gasteiger partial charge is 0.232 e. The largest absolute Gasteiger partial charge is 0.342 e. The molecule has 0 spiro atoms. The Labute approximate surface area is 183 Å². The number of carbonyl (C=O) groups excluding carboxylic acids is 1. The van der Waals surface area contributed by atoms with Crippen LogP contribution in [0.15, 0.2) is 71.8 Å². The number of fused-ring (bicyclic) bond motifs is 1. The molecule has 0 radical (unpaired) electrons. The summed E-state index contributed by atoms with van der Waals surface area (Å²) < 4.78 is 0. The lowest BCUT2D eigenvalue weighted by Crippen LogP contribution is -2.46. The number of hydrogen-bond acceptors (Lipinski definition) is 4. The second-order valence-corrected chi connectivity index (χ2v) is 8.99. The maximum atomic E-state index is 12.8. The van der Waals surface area contributed by atoms with E-state index in [1.54, 1.807) is 11.8 Å². The Kier molecular flexibility index (Phi) is 7.03. The molecule has 1 saturated heterocycles. The molecule has 1 aromatic heterocycles. The van der Waals surface area contributed by atoms with Crippen LogP contribution in [0.3, 0.4) is 0 Å². The van der Waals surface area contributed by atoms with E-state index in [0.717, 1.165) is 49.5 Å². The van der Waals surface area contributed by atoms with Crippen molar-refractivity contribution < 1.29 is 4.79 Å². The number of aromatic nitrogens is 1. The molecule has 156 valence electrons. The van der Waals surface area contributed by atoms with E-state index in [1.165, 1.54) is 10.8 Å². The number of piperidine rings is 1. The molecular formula is C25H29N3OS. The van der Waals surface area contributed by atoms with Crippen LogP contribution in [0, 0.1) is 0 Å². The average Bonchev–Trinajstić information content (AvgIpc) is 2.81. The van der Waals surface area contributed by atoms with Crippen molar-refractivity contribution in [2.75, 3.05) is 32.4 Å². The SMILES string of the molecule is CN(C(=O)CSc1ccc2ccccc2c1)C1CCN(CCc2ccccn2)CC1. The molecule has 3 aromatic rings. The van der Waals surface area contributed by atoms with Crippen LogP contribution in [0.5, 0.6) is 0 Å². The molecule has 0 N–H and O–H groups in total. The first-order valence-electron chi connectivity index (χ1n) is 10.7. The van der Waals surface area contributed by atoms with Crippen LogP contribution in [0.2, 0.25) is 0 Å². The summed E-state index contributed by atoms with van der Waals surface area (Å²) in [5.74, 6) is 0.717. The minimum atomic E-state index is 0.222. The highest BCUT2D eigenvalue weighted by atomic mass is 32.2. The molecule has 0 atom stereocenters. The van der Waals surface area contributed by atoms with Gasteiger partial charge in [0.1, 0.15) is 0 Å². The third-order valence-corrected chi connectivity index (χ3v) is 6.97. The summed E-state index contributed by atoms with van der Waals surface area (Å²) in [6.45, 7) is 3.14. The molecule has 4 nitrogen and oxygen atoms in total. The van der Waals surface area contributed by atoms with Crippen molar-refractivity contribution in [3.63, 3.8) is 0 Å². The van der Waals surface area contributed by atoms with Crippen LogP contribution in [-0.2, 0) is 11.2 Å². The van der Waals surface area contributed by atoms with Crippen molar-refractivity contribution in [1.29, 1.82) is 0 Å². The van der Waals surface area contributed by atoms with Crippen LogP contribution in [0.25, 0.3) is 10.8 Å². The van der Waals surface area contributed by atoms with Crippen LogP contribution in [0.4, 0.5) is 0 Å². The van der Waals surface area contributed by atoms with Gasteiger partial charge in [-0.1, -0.05) is 36.4 Å². The van der Waals surface area contributed by atoms with Gasteiger partial charge in [-0.3, -0.25) is 9.78 Å². The number of pyridine rings is 1. The first-order chi connectivity index (χ1) is 14.7. The number of carbonyl (C=O) groups is 1. The third-order valence-electron chi connectivity index (χ3n) is 5.99. The summed E-state index contributed by atoms with van der Waals surface area (Å²) in [6, 6.07) is 21.2. The molecule has 0 bridgehead atoms. The highest BCUT2D eigenvalue weighted by molar-refractivity contribution is 8.00. The van der Waals surface area contributed by atoms with E-state index in [-0.39, 0.29) is 5.91 Å². The summed E-state index contributed by atoms with van der Waals surface area (Å²) >= 11 is 1.63. The summed E-state index contributed by atoms with van der Waals surface area (Å²) in [7, 11) is 1.97. The van der Waals surface area contributed by atoms with Crippen molar-refractivity contribution in [2.45, 2.75) is 30.2 Å². The molecule has 1 amide bonds. The molecule has 0 aliphatic carbocycles. The van der Waals surface area contributed by atoms with E-state index in [1.807, 2.05) is 30.3 Å². The van der Waals surface area contributed by atoms with Gasteiger partial charge < -0.3 is 9.80 Å². The summed E-state index contributed by atoms with van der Waals surface area (Å²) in [5, 5.41) is 2.46. The highest BCUT2D eigenvalue weighted by Crippen LogP contribution is 2.24. The van der Waals surface area contributed by atoms with Gasteiger partial charge in [-0.2, -0.15) is 0 Å². The highest BCUT2D eigenvalue weighted by Gasteiger charge is 2.25. The fraction of sp³-hybridized carbons (Fsp3) is 0.360. The van der Waals surface area contributed by atoms with Gasteiger partial charge in [-0.15, -0.1) is 11.8 Å². The Morgan fingerprint density at radius 2 is 1.83 bits per heavy atom. The van der Waals surface area contributed by atoms with Gasteiger partial charge in [-0.25, -0.2) is 0 Å². The zero-order chi connectivity index (χ0) is 20.8. The van der Waals surface area contributed by atoms with E-state index in [9.17, 15) is 4.79 Å². The topological polar surface area (TPSA) is 36.4 Å². The molecule has 30 heavy (non-hydrogen) atoms. The Bertz CT molecular complexity index is 970. The fourth-order valence-corrected chi connectivity index (χ4v) is 4.92. The van der Waals surface area contributed by atoms with E-state index >= 15 is 0 Å². The van der Waals surface area contributed by atoms with Crippen molar-refractivity contribution in [2.24, 2.45) is 0 Å². The Balaban J connectivity index is 1.22. The molecule has 1 aliphatic rings. The standard InChI is InChI=1S/C25H29N3OS/c1-27(23-12-16-28(17-13-23)15-11-22-8-4-5-14-26-22)25(29)19-30-24-10-9-20-6-2-3-7-21(20)18-24/h2-10,14,18,23H,11-13,15-17,19H2,1H3. The van der Waals surface area contributed by atoms with Crippen LogP contribution < -0.4 is 0 Å². The van der Waals surface area contributed by atoms with Crippen molar-refractivity contribution in [3.05, 3.63) is 72.6 Å². The molecule has 0 unspecified atom stereocenters. The van der Waals surface area contributed by atoms with Crippen LogP contribution in [0.1, 0.15) is 18.5 Å². The second-order valence-electron chi connectivity index (χ2n) is 7.95. The third kappa shape index (κ3) is 5.41. The number of benzene rings is 2. The monoisotopic (exact) mass is 419 g/mol. The van der Waals surface area contributed by atoms with Gasteiger partial charge in [-0.05, 0) is 47.9 Å². The average molecular weight is 420 g/mol. The van der Waals surface area contributed by atoms with E-state index < -0.39 is 0 Å². The van der Waals surface area contributed by atoms with Crippen molar-refractivity contribution in [3.8, 4) is 0 Å². The number of nitrogens with zero attached hydrogens (tertiary/aromatic N) is 3. The molecule has 2 aromatic carbocycles. The van der Waals surface area contributed by atoms with E-state index in [2.05, 4.69) is 58.4 Å². The van der Waals surface area contributed by atoms with Gasteiger partial charge in [0, 0.05) is 55.9 Å². The normalized spacial score (nSPS) is 15.4. The lowest BCUT2D eigenvalue weighted by Gasteiger charge is -2.36. The molecule has 1 aliphatic heterocycles. The van der Waals surface area contributed by atoms with Crippen LogP contribution >= 0.6 is 11.8 Å². The second kappa shape index (κ2) is 10.1. The first kappa shape index (κ1) is 20.9. The predicted molar refractivity (Wildman–Crippen MR) is 125 cm³/mol. The van der Waals surface area contributed by atoms with Gasteiger partial charge in [0.15, 0.2) is 0 Å². The molecule has 4 rings (SSSR count). The van der Waals surface area contributed by atoms with Crippen molar-refractivity contribution in [1.82, 2.24) is 14.8 Å². The van der Waals surface area contributed by atoms with E-state index in [0.29, 0.717) is 11.8 Å². The number of hydrogen-bond donors (Lipinski definition) is 0. The van der Waals surface area contributed by atoms with Gasteiger partial charge >= 0.3 is 0 Å². The van der Waals surface area contributed by atoms with Crippen molar-refractivity contribution >= 4 is 28.4 Å². The number of amides is 1. The zero-order valence-corrected chi connectivity index (χ0v) is 18.4. The summed E-state index contributed by atoms with van der Waals surface area (Å²) in [5.41, 5.74) is 1.15. The van der Waals surface area contributed by atoms with Gasteiger partial charge in [0.2, 0.25) is 5.91 Å². The maximum absolute atomic E-state index is 12.8.